The lowest BCUT2D eigenvalue weighted by Gasteiger charge is -2.14. The highest BCUT2D eigenvalue weighted by atomic mass is 16.5. The lowest BCUT2D eigenvalue weighted by molar-refractivity contribution is -0.125. The molecule has 2 rings (SSSR count). The number of pyridine rings is 1. The Hall–Kier alpha value is -2.62. The Balaban J connectivity index is 1.92. The standard InChI is InChI=1S/C18H20N2O2/c1-3-22-17-7-4-15(5-8-17)6-9-18(21)20(2)14-16-10-12-19-13-11-16/h4-13H,3,14H2,1-2H3. The van der Waals surface area contributed by atoms with Crippen molar-refractivity contribution in [1.29, 1.82) is 0 Å². The number of ether oxygens (including phenoxy) is 1. The van der Waals surface area contributed by atoms with Crippen molar-refractivity contribution in [3.05, 3.63) is 66.0 Å². The van der Waals surface area contributed by atoms with E-state index in [1.165, 1.54) is 0 Å². The fraction of sp³-hybridized carbons (Fsp3) is 0.222. The van der Waals surface area contributed by atoms with Gasteiger partial charge in [0.2, 0.25) is 5.91 Å². The number of amides is 1. The summed E-state index contributed by atoms with van der Waals surface area (Å²) in [4.78, 5) is 17.7. The number of hydrogen-bond acceptors (Lipinski definition) is 3. The minimum Gasteiger partial charge on any atom is -0.494 e. The first-order valence-corrected chi connectivity index (χ1v) is 7.24. The molecule has 0 saturated carbocycles. The molecule has 4 heteroatoms. The molecule has 114 valence electrons. The Morgan fingerprint density at radius 1 is 1.18 bits per heavy atom. The monoisotopic (exact) mass is 296 g/mol. The van der Waals surface area contributed by atoms with Crippen LogP contribution in [0.2, 0.25) is 0 Å². The van der Waals surface area contributed by atoms with E-state index in [0.29, 0.717) is 13.2 Å². The summed E-state index contributed by atoms with van der Waals surface area (Å²) in [5.74, 6) is 0.798. The Morgan fingerprint density at radius 2 is 1.86 bits per heavy atom. The van der Waals surface area contributed by atoms with Crippen LogP contribution in [0.5, 0.6) is 5.75 Å². The zero-order valence-corrected chi connectivity index (χ0v) is 12.9. The molecule has 0 radical (unpaired) electrons. The molecule has 1 heterocycles. The summed E-state index contributed by atoms with van der Waals surface area (Å²) in [7, 11) is 1.78. The van der Waals surface area contributed by atoms with Crippen LogP contribution in [0.25, 0.3) is 6.08 Å². The van der Waals surface area contributed by atoms with Crippen molar-refractivity contribution in [1.82, 2.24) is 9.88 Å². The SMILES string of the molecule is CCOc1ccc(C=CC(=O)N(C)Cc2ccncc2)cc1. The maximum Gasteiger partial charge on any atom is 0.246 e. The van der Waals surface area contributed by atoms with Gasteiger partial charge in [-0.25, -0.2) is 0 Å². The summed E-state index contributed by atoms with van der Waals surface area (Å²) in [6.07, 6.45) is 6.84. The molecule has 0 N–H and O–H groups in total. The third-order valence-electron chi connectivity index (χ3n) is 3.15. The maximum absolute atomic E-state index is 12.1. The first kappa shape index (κ1) is 15.8. The van der Waals surface area contributed by atoms with E-state index in [-0.39, 0.29) is 5.91 Å². The summed E-state index contributed by atoms with van der Waals surface area (Å²) in [6, 6.07) is 11.5. The van der Waals surface area contributed by atoms with Gasteiger partial charge in [0.25, 0.3) is 0 Å². The van der Waals surface area contributed by atoms with Crippen LogP contribution < -0.4 is 4.74 Å². The Bertz CT molecular complexity index is 621. The first-order valence-electron chi connectivity index (χ1n) is 7.24. The first-order chi connectivity index (χ1) is 10.7. The molecule has 0 spiro atoms. The van der Waals surface area contributed by atoms with Crippen LogP contribution in [0.1, 0.15) is 18.1 Å². The Labute approximate surface area is 131 Å². The molecule has 0 unspecified atom stereocenters. The molecular weight excluding hydrogens is 276 g/mol. The van der Waals surface area contributed by atoms with Gasteiger partial charge in [0.05, 0.1) is 6.61 Å². The van der Waals surface area contributed by atoms with Crippen LogP contribution in [-0.2, 0) is 11.3 Å². The van der Waals surface area contributed by atoms with Crippen molar-refractivity contribution in [2.75, 3.05) is 13.7 Å². The summed E-state index contributed by atoms with van der Waals surface area (Å²) in [5.41, 5.74) is 2.02. The summed E-state index contributed by atoms with van der Waals surface area (Å²) in [5, 5.41) is 0. The van der Waals surface area contributed by atoms with Crippen molar-refractivity contribution in [2.24, 2.45) is 0 Å². The smallest absolute Gasteiger partial charge is 0.246 e. The van der Waals surface area contributed by atoms with E-state index in [0.717, 1.165) is 16.9 Å². The van der Waals surface area contributed by atoms with Crippen molar-refractivity contribution in [3.8, 4) is 5.75 Å². The van der Waals surface area contributed by atoms with Crippen LogP contribution in [0.3, 0.4) is 0 Å². The van der Waals surface area contributed by atoms with Crippen molar-refractivity contribution >= 4 is 12.0 Å². The second-order valence-electron chi connectivity index (χ2n) is 4.89. The molecule has 22 heavy (non-hydrogen) atoms. The Kier molecular flexibility index (Phi) is 5.72. The Morgan fingerprint density at radius 3 is 2.50 bits per heavy atom. The molecule has 0 atom stereocenters. The highest BCUT2D eigenvalue weighted by Gasteiger charge is 2.05. The number of aromatic nitrogens is 1. The normalized spacial score (nSPS) is 10.6. The van der Waals surface area contributed by atoms with Gasteiger partial charge in [-0.15, -0.1) is 0 Å². The molecule has 0 aliphatic carbocycles. The molecule has 1 amide bonds. The fourth-order valence-corrected chi connectivity index (χ4v) is 1.98. The summed E-state index contributed by atoms with van der Waals surface area (Å²) < 4.78 is 5.39. The average molecular weight is 296 g/mol. The number of carbonyl (C=O) groups excluding carboxylic acids is 1. The molecule has 2 aromatic rings. The van der Waals surface area contributed by atoms with E-state index in [1.54, 1.807) is 36.5 Å². The van der Waals surface area contributed by atoms with Gasteiger partial charge in [-0.05, 0) is 48.4 Å². The molecule has 1 aromatic heterocycles. The van der Waals surface area contributed by atoms with E-state index in [1.807, 2.05) is 43.3 Å². The topological polar surface area (TPSA) is 42.4 Å². The zero-order chi connectivity index (χ0) is 15.8. The number of likely N-dealkylation sites (N-methyl/N-ethyl adjacent to an activating group) is 1. The molecule has 0 fully saturated rings. The molecule has 1 aromatic carbocycles. The van der Waals surface area contributed by atoms with Crippen LogP contribution in [0.15, 0.2) is 54.9 Å². The minimum absolute atomic E-state index is 0.0364. The van der Waals surface area contributed by atoms with Gasteiger partial charge in [-0.2, -0.15) is 0 Å². The molecule has 0 aliphatic rings. The van der Waals surface area contributed by atoms with Gasteiger partial charge in [0.1, 0.15) is 5.75 Å². The predicted octanol–water partition coefficient (Wildman–Crippen LogP) is 3.15. The molecule has 0 bridgehead atoms. The van der Waals surface area contributed by atoms with E-state index >= 15 is 0 Å². The summed E-state index contributed by atoms with van der Waals surface area (Å²) >= 11 is 0. The van der Waals surface area contributed by atoms with E-state index < -0.39 is 0 Å². The quantitative estimate of drug-likeness (QED) is 0.769. The summed E-state index contributed by atoms with van der Waals surface area (Å²) in [6.45, 7) is 3.16. The van der Waals surface area contributed by atoms with Crippen molar-refractivity contribution < 1.29 is 9.53 Å². The van der Waals surface area contributed by atoms with Gasteiger partial charge in [0, 0.05) is 32.1 Å². The number of rotatable bonds is 6. The van der Waals surface area contributed by atoms with Crippen LogP contribution in [-0.4, -0.2) is 29.4 Å². The highest BCUT2D eigenvalue weighted by molar-refractivity contribution is 5.91. The minimum atomic E-state index is -0.0364. The lowest BCUT2D eigenvalue weighted by Crippen LogP contribution is -2.24. The van der Waals surface area contributed by atoms with Crippen molar-refractivity contribution in [3.63, 3.8) is 0 Å². The highest BCUT2D eigenvalue weighted by Crippen LogP contribution is 2.13. The van der Waals surface area contributed by atoms with Gasteiger partial charge in [-0.1, -0.05) is 12.1 Å². The zero-order valence-electron chi connectivity index (χ0n) is 12.9. The van der Waals surface area contributed by atoms with Crippen LogP contribution in [0, 0.1) is 0 Å². The lowest BCUT2D eigenvalue weighted by atomic mass is 10.2. The largest absolute Gasteiger partial charge is 0.494 e. The third-order valence-corrected chi connectivity index (χ3v) is 3.15. The van der Waals surface area contributed by atoms with Gasteiger partial charge >= 0.3 is 0 Å². The maximum atomic E-state index is 12.1. The second kappa shape index (κ2) is 7.98. The van der Waals surface area contributed by atoms with Crippen LogP contribution >= 0.6 is 0 Å². The van der Waals surface area contributed by atoms with E-state index in [9.17, 15) is 4.79 Å². The van der Waals surface area contributed by atoms with E-state index in [4.69, 9.17) is 4.74 Å². The van der Waals surface area contributed by atoms with E-state index in [2.05, 4.69) is 4.98 Å². The third kappa shape index (κ3) is 4.74. The number of nitrogens with zero attached hydrogens (tertiary/aromatic N) is 2. The van der Waals surface area contributed by atoms with Crippen LogP contribution in [0.4, 0.5) is 0 Å². The molecular formula is C18H20N2O2. The number of hydrogen-bond donors (Lipinski definition) is 0. The fourth-order valence-electron chi connectivity index (χ4n) is 1.98. The molecule has 0 saturated heterocycles. The second-order valence-corrected chi connectivity index (χ2v) is 4.89. The molecule has 0 aliphatic heterocycles. The van der Waals surface area contributed by atoms with Gasteiger partial charge in [0.15, 0.2) is 0 Å². The predicted molar refractivity (Wildman–Crippen MR) is 87.4 cm³/mol. The van der Waals surface area contributed by atoms with Gasteiger partial charge < -0.3 is 9.64 Å². The average Bonchev–Trinajstić information content (AvgIpc) is 2.55. The number of benzene rings is 1. The van der Waals surface area contributed by atoms with Gasteiger partial charge in [-0.3, -0.25) is 9.78 Å². The van der Waals surface area contributed by atoms with Crippen molar-refractivity contribution in [2.45, 2.75) is 13.5 Å². The molecule has 4 nitrogen and oxygen atoms in total. The number of carbonyl (C=O) groups is 1.